The van der Waals surface area contributed by atoms with Gasteiger partial charge in [-0.05, 0) is 61.1 Å². The first kappa shape index (κ1) is 13.1. The molecule has 1 aromatic heterocycles. The molecular weight excluding hydrogens is 226 g/mol. The first-order chi connectivity index (χ1) is 8.26. The van der Waals surface area contributed by atoms with E-state index >= 15 is 0 Å². The minimum atomic E-state index is 0.719. The molecule has 2 rings (SSSR count). The van der Waals surface area contributed by atoms with Crippen molar-refractivity contribution in [1.29, 1.82) is 0 Å². The highest BCUT2D eigenvalue weighted by Crippen LogP contribution is 2.43. The van der Waals surface area contributed by atoms with Gasteiger partial charge in [-0.25, -0.2) is 0 Å². The molecule has 2 N–H and O–H groups in total. The van der Waals surface area contributed by atoms with Gasteiger partial charge in [-0.2, -0.15) is 0 Å². The predicted molar refractivity (Wildman–Crippen MR) is 76.6 cm³/mol. The van der Waals surface area contributed by atoms with Crippen molar-refractivity contribution in [1.82, 2.24) is 0 Å². The smallest absolute Gasteiger partial charge is 0.00491 e. The van der Waals surface area contributed by atoms with Gasteiger partial charge in [-0.15, -0.1) is 11.3 Å². The first-order valence-corrected chi connectivity index (χ1v) is 7.88. The first-order valence-electron chi connectivity index (χ1n) is 7.00. The van der Waals surface area contributed by atoms with Gasteiger partial charge in [0.25, 0.3) is 0 Å². The van der Waals surface area contributed by atoms with Gasteiger partial charge in [0.2, 0.25) is 0 Å². The highest BCUT2D eigenvalue weighted by Gasteiger charge is 2.31. The van der Waals surface area contributed by atoms with Crippen molar-refractivity contribution in [3.8, 4) is 0 Å². The van der Waals surface area contributed by atoms with E-state index in [-0.39, 0.29) is 0 Å². The Labute approximate surface area is 109 Å². The maximum atomic E-state index is 5.97. The number of hydrogen-bond acceptors (Lipinski definition) is 2. The van der Waals surface area contributed by atoms with E-state index < -0.39 is 0 Å². The third-order valence-corrected chi connectivity index (χ3v) is 5.26. The average molecular weight is 251 g/mol. The standard InChI is InChI=1S/C15H25NS/c1-3-4-12-5-6-13(10-16)15(9-12)14-7-8-17-11(14)2/h7-8,12-13,15H,3-6,9-10,16H2,1-2H3. The van der Waals surface area contributed by atoms with Crippen LogP contribution in [-0.2, 0) is 0 Å². The zero-order valence-electron chi connectivity index (χ0n) is 11.1. The molecule has 0 saturated heterocycles. The molecule has 1 saturated carbocycles. The van der Waals surface area contributed by atoms with Crippen LogP contribution in [0.5, 0.6) is 0 Å². The highest BCUT2D eigenvalue weighted by atomic mass is 32.1. The van der Waals surface area contributed by atoms with Crippen LogP contribution in [0.3, 0.4) is 0 Å². The van der Waals surface area contributed by atoms with E-state index in [1.807, 2.05) is 11.3 Å². The molecule has 1 aromatic rings. The van der Waals surface area contributed by atoms with Gasteiger partial charge in [-0.1, -0.05) is 26.2 Å². The zero-order valence-corrected chi connectivity index (χ0v) is 11.9. The molecule has 96 valence electrons. The van der Waals surface area contributed by atoms with Gasteiger partial charge in [0.05, 0.1) is 0 Å². The normalized spacial score (nSPS) is 29.5. The van der Waals surface area contributed by atoms with Crippen molar-refractivity contribution < 1.29 is 0 Å². The van der Waals surface area contributed by atoms with Crippen LogP contribution in [0.25, 0.3) is 0 Å². The summed E-state index contributed by atoms with van der Waals surface area (Å²) < 4.78 is 0. The van der Waals surface area contributed by atoms with Gasteiger partial charge in [0.15, 0.2) is 0 Å². The summed E-state index contributed by atoms with van der Waals surface area (Å²) in [6.45, 7) is 5.43. The Morgan fingerprint density at radius 2 is 2.24 bits per heavy atom. The van der Waals surface area contributed by atoms with Crippen LogP contribution in [0, 0.1) is 18.8 Å². The summed E-state index contributed by atoms with van der Waals surface area (Å²) in [7, 11) is 0. The molecule has 1 heterocycles. The molecule has 0 aliphatic heterocycles. The van der Waals surface area contributed by atoms with E-state index in [4.69, 9.17) is 5.73 Å². The monoisotopic (exact) mass is 251 g/mol. The van der Waals surface area contributed by atoms with E-state index in [0.29, 0.717) is 0 Å². The Morgan fingerprint density at radius 1 is 1.41 bits per heavy atom. The lowest BCUT2D eigenvalue weighted by molar-refractivity contribution is 0.230. The van der Waals surface area contributed by atoms with Crippen LogP contribution in [0.1, 0.15) is 55.4 Å². The summed E-state index contributed by atoms with van der Waals surface area (Å²) in [5, 5.41) is 2.24. The SMILES string of the molecule is CCCC1CCC(CN)C(c2ccsc2C)C1. The molecular formula is C15H25NS. The molecule has 17 heavy (non-hydrogen) atoms. The molecule has 1 aliphatic rings. The van der Waals surface area contributed by atoms with E-state index in [2.05, 4.69) is 25.3 Å². The quantitative estimate of drug-likeness (QED) is 0.847. The molecule has 1 fully saturated rings. The van der Waals surface area contributed by atoms with Crippen LogP contribution < -0.4 is 5.73 Å². The minimum Gasteiger partial charge on any atom is -0.330 e. The summed E-state index contributed by atoms with van der Waals surface area (Å²) in [5.41, 5.74) is 7.56. The van der Waals surface area contributed by atoms with Crippen LogP contribution in [0.4, 0.5) is 0 Å². The van der Waals surface area contributed by atoms with Crippen molar-refractivity contribution >= 4 is 11.3 Å². The molecule has 1 aliphatic carbocycles. The highest BCUT2D eigenvalue weighted by molar-refractivity contribution is 7.10. The Morgan fingerprint density at radius 3 is 2.82 bits per heavy atom. The molecule has 1 nitrogen and oxygen atoms in total. The fourth-order valence-electron chi connectivity index (χ4n) is 3.43. The lowest BCUT2D eigenvalue weighted by Crippen LogP contribution is -2.29. The van der Waals surface area contributed by atoms with Gasteiger partial charge in [0.1, 0.15) is 0 Å². The second-order valence-electron chi connectivity index (χ2n) is 5.50. The van der Waals surface area contributed by atoms with E-state index in [0.717, 1.165) is 24.3 Å². The van der Waals surface area contributed by atoms with E-state index in [1.54, 1.807) is 5.56 Å². The predicted octanol–water partition coefficient (Wildman–Crippen LogP) is 4.32. The van der Waals surface area contributed by atoms with E-state index in [9.17, 15) is 0 Å². The fourth-order valence-corrected chi connectivity index (χ4v) is 4.21. The van der Waals surface area contributed by atoms with Crippen molar-refractivity contribution in [2.45, 2.75) is 51.9 Å². The Kier molecular flexibility index (Phi) is 4.63. The second kappa shape index (κ2) is 6.01. The fraction of sp³-hybridized carbons (Fsp3) is 0.733. The molecule has 2 heteroatoms. The van der Waals surface area contributed by atoms with Crippen molar-refractivity contribution in [3.05, 3.63) is 21.9 Å². The second-order valence-corrected chi connectivity index (χ2v) is 6.62. The number of hydrogen-bond donors (Lipinski definition) is 1. The lowest BCUT2D eigenvalue weighted by Gasteiger charge is -2.36. The third-order valence-electron chi connectivity index (χ3n) is 4.40. The maximum absolute atomic E-state index is 5.97. The number of aryl methyl sites for hydroxylation is 1. The zero-order chi connectivity index (χ0) is 12.3. The molecule has 0 spiro atoms. The summed E-state index contributed by atoms with van der Waals surface area (Å²) in [4.78, 5) is 1.51. The van der Waals surface area contributed by atoms with Crippen LogP contribution in [0.15, 0.2) is 11.4 Å². The van der Waals surface area contributed by atoms with Crippen LogP contribution in [0.2, 0.25) is 0 Å². The van der Waals surface area contributed by atoms with Crippen molar-refractivity contribution in [2.24, 2.45) is 17.6 Å². The molecule has 0 amide bonds. The van der Waals surface area contributed by atoms with Gasteiger partial charge in [0, 0.05) is 4.88 Å². The Balaban J connectivity index is 2.13. The lowest BCUT2D eigenvalue weighted by atomic mass is 9.70. The Hall–Kier alpha value is -0.340. The van der Waals surface area contributed by atoms with Gasteiger partial charge in [-0.3, -0.25) is 0 Å². The summed E-state index contributed by atoms with van der Waals surface area (Å²) in [6, 6.07) is 2.33. The third kappa shape index (κ3) is 2.92. The van der Waals surface area contributed by atoms with Gasteiger partial charge < -0.3 is 5.73 Å². The van der Waals surface area contributed by atoms with Gasteiger partial charge >= 0.3 is 0 Å². The van der Waals surface area contributed by atoms with Crippen LogP contribution >= 0.6 is 11.3 Å². The molecule has 0 radical (unpaired) electrons. The largest absolute Gasteiger partial charge is 0.330 e. The molecule has 0 aromatic carbocycles. The van der Waals surface area contributed by atoms with Crippen molar-refractivity contribution in [3.63, 3.8) is 0 Å². The molecule has 0 bridgehead atoms. The van der Waals surface area contributed by atoms with E-state index in [1.165, 1.54) is 37.0 Å². The summed E-state index contributed by atoms with van der Waals surface area (Å²) >= 11 is 1.88. The maximum Gasteiger partial charge on any atom is 0.00491 e. The molecule has 3 atom stereocenters. The topological polar surface area (TPSA) is 26.0 Å². The summed E-state index contributed by atoms with van der Waals surface area (Å²) in [5.74, 6) is 2.39. The average Bonchev–Trinajstić information content (AvgIpc) is 2.76. The number of rotatable bonds is 4. The van der Waals surface area contributed by atoms with Crippen LogP contribution in [-0.4, -0.2) is 6.54 Å². The van der Waals surface area contributed by atoms with Crippen molar-refractivity contribution in [2.75, 3.05) is 6.54 Å². The Bertz CT molecular complexity index is 344. The molecule has 3 unspecified atom stereocenters. The minimum absolute atomic E-state index is 0.719. The number of thiophene rings is 1. The summed E-state index contributed by atoms with van der Waals surface area (Å²) in [6.07, 6.45) is 6.83. The number of nitrogens with two attached hydrogens (primary N) is 1.